The Morgan fingerprint density at radius 3 is 2.71 bits per heavy atom. The van der Waals surface area contributed by atoms with E-state index in [0.717, 1.165) is 5.56 Å². The molecule has 2 aromatic carbocycles. The molecule has 0 atom stereocenters. The Hall–Kier alpha value is -3.89. The summed E-state index contributed by atoms with van der Waals surface area (Å²) in [6.45, 7) is 1.93. The molecule has 0 spiro atoms. The molecule has 2 aromatic heterocycles. The fraction of sp³-hybridized carbons (Fsp3) is 0.136. The van der Waals surface area contributed by atoms with Crippen LogP contribution >= 0.6 is 23.2 Å². The van der Waals surface area contributed by atoms with Gasteiger partial charge in [0.1, 0.15) is 18.7 Å². The zero-order chi connectivity index (χ0) is 24.2. The third kappa shape index (κ3) is 5.36. The van der Waals surface area contributed by atoms with Crippen LogP contribution in [0.3, 0.4) is 0 Å². The maximum Gasteiger partial charge on any atom is 0.311 e. The van der Waals surface area contributed by atoms with E-state index in [4.69, 9.17) is 32.4 Å². The average Bonchev–Trinajstić information content (AvgIpc) is 3.45. The first-order valence-electron chi connectivity index (χ1n) is 9.90. The number of nitro benzene ring substituents is 1. The van der Waals surface area contributed by atoms with Crippen LogP contribution in [-0.2, 0) is 13.2 Å². The van der Waals surface area contributed by atoms with Gasteiger partial charge >= 0.3 is 5.69 Å². The molecule has 174 valence electrons. The first-order valence-corrected chi connectivity index (χ1v) is 10.7. The molecule has 1 amide bonds. The summed E-state index contributed by atoms with van der Waals surface area (Å²) in [7, 11) is 0. The summed E-state index contributed by atoms with van der Waals surface area (Å²) in [5.41, 5.74) is 1.27. The second-order valence-electron chi connectivity index (χ2n) is 7.20. The number of nitro groups is 1. The zero-order valence-corrected chi connectivity index (χ0v) is 19.2. The number of ether oxygens (including phenoxy) is 1. The highest BCUT2D eigenvalue weighted by Gasteiger charge is 2.18. The average molecular weight is 502 g/mol. The molecule has 34 heavy (non-hydrogen) atoms. The molecule has 2 heterocycles. The molecule has 10 nitrogen and oxygen atoms in total. The summed E-state index contributed by atoms with van der Waals surface area (Å²) in [6, 6.07) is 12.8. The molecule has 4 aromatic rings. The van der Waals surface area contributed by atoms with Crippen LogP contribution in [0.15, 0.2) is 59.3 Å². The van der Waals surface area contributed by atoms with Crippen LogP contribution < -0.4 is 10.1 Å². The van der Waals surface area contributed by atoms with E-state index in [2.05, 4.69) is 15.4 Å². The van der Waals surface area contributed by atoms with Gasteiger partial charge in [-0.1, -0.05) is 35.3 Å². The van der Waals surface area contributed by atoms with Gasteiger partial charge in [-0.15, -0.1) is 5.10 Å². The van der Waals surface area contributed by atoms with E-state index in [0.29, 0.717) is 21.4 Å². The lowest BCUT2D eigenvalue weighted by Crippen LogP contribution is -2.12. The lowest BCUT2D eigenvalue weighted by Gasteiger charge is -2.06. The molecule has 0 saturated heterocycles. The first kappa shape index (κ1) is 23.3. The van der Waals surface area contributed by atoms with E-state index in [1.807, 2.05) is 0 Å². The van der Waals surface area contributed by atoms with Gasteiger partial charge in [-0.2, -0.15) is 0 Å². The third-order valence-electron chi connectivity index (χ3n) is 4.71. The van der Waals surface area contributed by atoms with E-state index in [1.165, 1.54) is 29.2 Å². The number of amides is 1. The summed E-state index contributed by atoms with van der Waals surface area (Å²) in [5, 5.41) is 18.9. The van der Waals surface area contributed by atoms with Crippen LogP contribution in [0, 0.1) is 17.0 Å². The van der Waals surface area contributed by atoms with Gasteiger partial charge in [-0.05, 0) is 42.8 Å². The van der Waals surface area contributed by atoms with Crippen molar-refractivity contribution in [2.75, 3.05) is 5.32 Å². The molecule has 0 bridgehead atoms. The van der Waals surface area contributed by atoms with Crippen LogP contribution in [0.2, 0.25) is 10.0 Å². The molecule has 0 aliphatic heterocycles. The Labute approximate surface area is 203 Å². The number of furan rings is 1. The second-order valence-corrected chi connectivity index (χ2v) is 8.02. The highest BCUT2D eigenvalue weighted by molar-refractivity contribution is 6.35. The second kappa shape index (κ2) is 9.94. The Morgan fingerprint density at radius 2 is 1.97 bits per heavy atom. The van der Waals surface area contributed by atoms with Crippen molar-refractivity contribution in [1.82, 2.24) is 14.8 Å². The van der Waals surface area contributed by atoms with E-state index in [9.17, 15) is 14.9 Å². The van der Waals surface area contributed by atoms with Crippen molar-refractivity contribution in [1.29, 1.82) is 0 Å². The molecule has 12 heteroatoms. The maximum atomic E-state index is 12.5. The maximum absolute atomic E-state index is 12.5. The number of halogens is 2. The van der Waals surface area contributed by atoms with E-state index >= 15 is 0 Å². The summed E-state index contributed by atoms with van der Waals surface area (Å²) in [6.07, 6.45) is 1.44. The SMILES string of the molecule is Cc1ccc(OCc2ccc(C(=O)Nc3ncn(Cc4c(Cl)cccc4Cl)n3)o2)c([N+](=O)[O-])c1. The summed E-state index contributed by atoms with van der Waals surface area (Å²) >= 11 is 12.4. The smallest absolute Gasteiger partial charge is 0.311 e. The van der Waals surface area contributed by atoms with E-state index < -0.39 is 10.8 Å². The molecule has 0 radical (unpaired) electrons. The Morgan fingerprint density at radius 1 is 1.21 bits per heavy atom. The van der Waals surface area contributed by atoms with Crippen LogP contribution in [-0.4, -0.2) is 25.6 Å². The van der Waals surface area contributed by atoms with Crippen molar-refractivity contribution < 1.29 is 18.9 Å². The number of carbonyl (C=O) groups is 1. The molecule has 4 rings (SSSR count). The van der Waals surface area contributed by atoms with Gasteiger partial charge in [-0.25, -0.2) is 9.67 Å². The van der Waals surface area contributed by atoms with Gasteiger partial charge in [0.25, 0.3) is 5.91 Å². The minimum Gasteiger partial charge on any atom is -0.479 e. The third-order valence-corrected chi connectivity index (χ3v) is 5.42. The number of nitrogens with zero attached hydrogens (tertiary/aromatic N) is 4. The van der Waals surface area contributed by atoms with Gasteiger partial charge in [0, 0.05) is 21.7 Å². The lowest BCUT2D eigenvalue weighted by molar-refractivity contribution is -0.386. The normalized spacial score (nSPS) is 10.8. The fourth-order valence-electron chi connectivity index (χ4n) is 3.06. The van der Waals surface area contributed by atoms with Crippen molar-refractivity contribution >= 4 is 40.7 Å². The van der Waals surface area contributed by atoms with Crippen LogP contribution in [0.25, 0.3) is 0 Å². The number of anilines is 1. The highest BCUT2D eigenvalue weighted by Crippen LogP contribution is 2.29. The standard InChI is InChI=1S/C22H17Cl2N5O5/c1-13-5-7-19(18(9-13)29(31)32)33-11-14-6-8-20(34-14)21(30)26-22-25-12-28(27-22)10-15-16(23)3-2-4-17(15)24/h2-9,12H,10-11H2,1H3,(H,26,27,30). The zero-order valence-electron chi connectivity index (χ0n) is 17.7. The number of nitrogens with one attached hydrogen (secondary N) is 1. The molecule has 1 N–H and O–H groups in total. The van der Waals surface area contributed by atoms with Crippen molar-refractivity contribution in [3.8, 4) is 5.75 Å². The molecular formula is C22H17Cl2N5O5. The van der Waals surface area contributed by atoms with Crippen molar-refractivity contribution in [2.24, 2.45) is 0 Å². The van der Waals surface area contributed by atoms with Crippen LogP contribution in [0.5, 0.6) is 5.75 Å². The van der Waals surface area contributed by atoms with Crippen molar-refractivity contribution in [3.05, 3.63) is 97.7 Å². The van der Waals surface area contributed by atoms with Gasteiger partial charge in [0.05, 0.1) is 11.5 Å². The Bertz CT molecular complexity index is 1350. The molecule has 0 saturated carbocycles. The van der Waals surface area contributed by atoms with Crippen molar-refractivity contribution in [3.63, 3.8) is 0 Å². The number of rotatable bonds is 8. The molecule has 0 unspecified atom stereocenters. The van der Waals surface area contributed by atoms with E-state index in [-0.39, 0.29) is 36.3 Å². The van der Waals surface area contributed by atoms with E-state index in [1.54, 1.807) is 37.3 Å². The quantitative estimate of drug-likeness (QED) is 0.257. The predicted molar refractivity (Wildman–Crippen MR) is 124 cm³/mol. The number of carbonyl (C=O) groups excluding carboxylic acids is 1. The van der Waals surface area contributed by atoms with Gasteiger partial charge in [0.15, 0.2) is 11.5 Å². The summed E-state index contributed by atoms with van der Waals surface area (Å²) in [4.78, 5) is 27.2. The number of aromatic nitrogens is 3. The number of hydrogen-bond acceptors (Lipinski definition) is 7. The summed E-state index contributed by atoms with van der Waals surface area (Å²) < 4.78 is 12.5. The Kier molecular flexibility index (Phi) is 6.80. The van der Waals surface area contributed by atoms with Gasteiger partial charge in [0.2, 0.25) is 5.95 Å². The number of hydrogen-bond donors (Lipinski definition) is 1. The molecule has 0 aliphatic rings. The molecule has 0 aliphatic carbocycles. The van der Waals surface area contributed by atoms with Gasteiger partial charge < -0.3 is 9.15 Å². The number of aryl methyl sites for hydroxylation is 1. The lowest BCUT2D eigenvalue weighted by atomic mass is 10.2. The first-order chi connectivity index (χ1) is 16.3. The van der Waals surface area contributed by atoms with Crippen molar-refractivity contribution in [2.45, 2.75) is 20.1 Å². The monoisotopic (exact) mass is 501 g/mol. The fourth-order valence-corrected chi connectivity index (χ4v) is 3.57. The summed E-state index contributed by atoms with van der Waals surface area (Å²) in [5.74, 6) is -0.0838. The van der Waals surface area contributed by atoms with Crippen LogP contribution in [0.4, 0.5) is 11.6 Å². The molecular weight excluding hydrogens is 485 g/mol. The highest BCUT2D eigenvalue weighted by atomic mass is 35.5. The largest absolute Gasteiger partial charge is 0.479 e. The molecule has 0 fully saturated rings. The Balaban J connectivity index is 1.38. The number of benzene rings is 2. The topological polar surface area (TPSA) is 125 Å². The minimum absolute atomic E-state index is 0.00232. The van der Waals surface area contributed by atoms with Crippen LogP contribution in [0.1, 0.15) is 27.4 Å². The predicted octanol–water partition coefficient (Wildman–Crippen LogP) is 5.27. The van der Waals surface area contributed by atoms with Gasteiger partial charge in [-0.3, -0.25) is 20.2 Å². The minimum atomic E-state index is -0.568.